The van der Waals surface area contributed by atoms with Crippen LogP contribution >= 0.6 is 0 Å². The summed E-state index contributed by atoms with van der Waals surface area (Å²) in [5, 5.41) is 7.76. The lowest BCUT2D eigenvalue weighted by atomic mass is 9.77. The van der Waals surface area contributed by atoms with Crippen LogP contribution in [0, 0.1) is 41.5 Å². The minimum absolute atomic E-state index is 0.247. The highest BCUT2D eigenvalue weighted by Gasteiger charge is 2.40. The first-order valence-electron chi connectivity index (χ1n) is 20.9. The highest BCUT2D eigenvalue weighted by molar-refractivity contribution is 6.20. The van der Waals surface area contributed by atoms with Crippen molar-refractivity contribution in [2.45, 2.75) is 60.8 Å². The molecule has 0 spiro atoms. The van der Waals surface area contributed by atoms with Gasteiger partial charge >= 0.3 is 0 Å². The van der Waals surface area contributed by atoms with Gasteiger partial charge in [0.1, 0.15) is 0 Å². The van der Waals surface area contributed by atoms with Gasteiger partial charge in [0.2, 0.25) is 0 Å². The van der Waals surface area contributed by atoms with Gasteiger partial charge < -0.3 is 9.80 Å². The molecule has 59 heavy (non-hydrogen) atoms. The van der Waals surface area contributed by atoms with Gasteiger partial charge in [-0.25, -0.2) is 0 Å². The molecular weight excluding hydrogens is 713 g/mol. The first kappa shape index (κ1) is 36.7. The molecule has 2 nitrogen and oxygen atoms in total. The topological polar surface area (TPSA) is 6.48 Å². The molecule has 0 fully saturated rings. The van der Waals surface area contributed by atoms with Crippen molar-refractivity contribution >= 4 is 66.4 Å². The Bertz CT molecular complexity index is 3130. The summed E-state index contributed by atoms with van der Waals surface area (Å²) in [6.07, 6.45) is 0. The van der Waals surface area contributed by atoms with E-state index in [2.05, 4.69) is 223 Å². The van der Waals surface area contributed by atoms with Gasteiger partial charge in [-0.3, -0.25) is 0 Å². The van der Waals surface area contributed by atoms with Gasteiger partial charge in [0.15, 0.2) is 0 Å². The summed E-state index contributed by atoms with van der Waals surface area (Å²) in [6, 6.07) is 59.5. The van der Waals surface area contributed by atoms with Gasteiger partial charge in [0.05, 0.1) is 0 Å². The first-order chi connectivity index (χ1) is 28.5. The van der Waals surface area contributed by atoms with E-state index in [9.17, 15) is 0 Å². The Kier molecular flexibility index (Phi) is 8.54. The van der Waals surface area contributed by atoms with Crippen molar-refractivity contribution in [3.63, 3.8) is 0 Å². The Morgan fingerprint density at radius 2 is 0.847 bits per heavy atom. The van der Waals surface area contributed by atoms with Gasteiger partial charge in [0, 0.05) is 39.5 Å². The molecule has 0 aliphatic heterocycles. The van der Waals surface area contributed by atoms with Gasteiger partial charge in [-0.15, -0.1) is 0 Å². The van der Waals surface area contributed by atoms with E-state index in [0.717, 1.165) is 22.7 Å². The van der Waals surface area contributed by atoms with E-state index in [4.69, 9.17) is 0 Å². The quantitative estimate of drug-likeness (QED) is 0.156. The number of benzene rings is 9. The highest BCUT2D eigenvalue weighted by Crippen LogP contribution is 2.57. The molecule has 0 bridgehead atoms. The molecule has 2 heteroatoms. The molecule has 0 saturated heterocycles. The summed E-state index contributed by atoms with van der Waals surface area (Å²) in [5.74, 6) is 0. The molecule has 0 heterocycles. The van der Waals surface area contributed by atoms with Crippen molar-refractivity contribution in [1.82, 2.24) is 0 Å². The second kappa shape index (κ2) is 13.7. The first-order valence-corrected chi connectivity index (χ1v) is 20.9. The second-order valence-corrected chi connectivity index (χ2v) is 17.5. The number of aryl methyl sites for hydroxylation is 6. The van der Waals surface area contributed by atoms with E-state index in [1.54, 1.807) is 0 Å². The number of anilines is 6. The zero-order valence-electron chi connectivity index (χ0n) is 35.4. The molecule has 1 aliphatic carbocycles. The number of hydrogen-bond donors (Lipinski definition) is 0. The smallest absolute Gasteiger partial charge is 0.0493 e. The normalized spacial score (nSPS) is 12.9. The van der Waals surface area contributed by atoms with Gasteiger partial charge in [-0.1, -0.05) is 122 Å². The van der Waals surface area contributed by atoms with E-state index >= 15 is 0 Å². The lowest BCUT2D eigenvalue weighted by molar-refractivity contribution is 0.672. The number of nitrogens with zero attached hydrogens (tertiary/aromatic N) is 2. The minimum Gasteiger partial charge on any atom is -0.310 e. The van der Waals surface area contributed by atoms with Crippen molar-refractivity contribution in [3.8, 4) is 11.1 Å². The molecule has 0 aromatic heterocycles. The van der Waals surface area contributed by atoms with Crippen LogP contribution in [0.15, 0.2) is 158 Å². The summed E-state index contributed by atoms with van der Waals surface area (Å²) in [7, 11) is 0. The largest absolute Gasteiger partial charge is 0.310 e. The van der Waals surface area contributed by atoms with Crippen molar-refractivity contribution in [2.75, 3.05) is 9.80 Å². The van der Waals surface area contributed by atoms with Crippen LogP contribution in [0.4, 0.5) is 34.1 Å². The maximum Gasteiger partial charge on any atom is 0.0493 e. The summed E-state index contributed by atoms with van der Waals surface area (Å²) in [6.45, 7) is 18.0. The van der Waals surface area contributed by atoms with Crippen LogP contribution in [0.3, 0.4) is 0 Å². The Labute approximate surface area is 349 Å². The molecule has 0 unspecified atom stereocenters. The van der Waals surface area contributed by atoms with Crippen LogP contribution in [0.5, 0.6) is 0 Å². The zero-order chi connectivity index (χ0) is 40.7. The van der Waals surface area contributed by atoms with Gasteiger partial charge in [0.25, 0.3) is 0 Å². The van der Waals surface area contributed by atoms with E-state index in [-0.39, 0.29) is 5.41 Å². The van der Waals surface area contributed by atoms with Crippen LogP contribution < -0.4 is 9.80 Å². The lowest BCUT2D eigenvalue weighted by Gasteiger charge is -2.29. The van der Waals surface area contributed by atoms with Crippen LogP contribution in [0.25, 0.3) is 43.4 Å². The Balaban J connectivity index is 1.17. The van der Waals surface area contributed by atoms with Crippen LogP contribution in [-0.4, -0.2) is 0 Å². The third-order valence-corrected chi connectivity index (χ3v) is 12.8. The molecule has 0 N–H and O–H groups in total. The van der Waals surface area contributed by atoms with Gasteiger partial charge in [-0.05, 0) is 179 Å². The number of rotatable bonds is 6. The Hall–Kier alpha value is -6.64. The predicted octanol–water partition coefficient (Wildman–Crippen LogP) is 16.2. The average molecular weight is 763 g/mol. The van der Waals surface area contributed by atoms with Crippen molar-refractivity contribution in [3.05, 3.63) is 202 Å². The standard InChI is InChI=1S/C57H50N2/c1-35-15-22-42(23-16-35)58(52-31-37(3)13-19-39(52)5)44-26-29-46-41(33-44)21-28-50-54-48-12-10-9-11-47(48)51-34-45(27-30-49(51)56(54)57(7,8)55(46)50)59(43-24-17-36(2)18-25-43)53-32-38(4)14-20-40(53)6/h9-34H,1-8H3. The third kappa shape index (κ3) is 5.92. The maximum atomic E-state index is 2.44. The number of hydrogen-bond acceptors (Lipinski definition) is 2. The fraction of sp³-hybridized carbons (Fsp3) is 0.158. The number of fused-ring (bicyclic) bond motifs is 10. The minimum atomic E-state index is -0.247. The molecule has 9 aromatic carbocycles. The van der Waals surface area contributed by atoms with Crippen molar-refractivity contribution < 1.29 is 0 Å². The summed E-state index contributed by atoms with van der Waals surface area (Å²) in [5.41, 5.74) is 19.8. The highest BCUT2D eigenvalue weighted by atomic mass is 15.1. The maximum absolute atomic E-state index is 2.44. The van der Waals surface area contributed by atoms with E-state index < -0.39 is 0 Å². The zero-order valence-corrected chi connectivity index (χ0v) is 35.4. The molecule has 1 aliphatic rings. The summed E-state index contributed by atoms with van der Waals surface area (Å²) in [4.78, 5) is 4.86. The molecule has 0 radical (unpaired) electrons. The van der Waals surface area contributed by atoms with Crippen molar-refractivity contribution in [2.24, 2.45) is 0 Å². The predicted molar refractivity (Wildman–Crippen MR) is 254 cm³/mol. The van der Waals surface area contributed by atoms with Crippen LogP contribution in [0.1, 0.15) is 58.4 Å². The molecule has 10 rings (SSSR count). The summed E-state index contributed by atoms with van der Waals surface area (Å²) >= 11 is 0. The molecule has 0 amide bonds. The SMILES string of the molecule is Cc1ccc(N(c2ccc3c4c(ccc3c2)-c2c(c3ccc(N(c5ccc(C)cc5)c5cc(C)ccc5C)cc3c3ccccc23)C4(C)C)c2cc(C)ccc2C)cc1. The third-order valence-electron chi connectivity index (χ3n) is 12.8. The van der Waals surface area contributed by atoms with E-state index in [0.29, 0.717) is 0 Å². The molecule has 0 saturated carbocycles. The van der Waals surface area contributed by atoms with Crippen molar-refractivity contribution in [1.29, 1.82) is 0 Å². The van der Waals surface area contributed by atoms with E-state index in [1.807, 2.05) is 0 Å². The monoisotopic (exact) mass is 762 g/mol. The molecule has 0 atom stereocenters. The fourth-order valence-electron chi connectivity index (χ4n) is 9.87. The fourth-order valence-corrected chi connectivity index (χ4v) is 9.87. The van der Waals surface area contributed by atoms with Crippen LogP contribution in [-0.2, 0) is 5.41 Å². The van der Waals surface area contributed by atoms with E-state index in [1.165, 1.54) is 99.3 Å². The second-order valence-electron chi connectivity index (χ2n) is 17.5. The average Bonchev–Trinajstić information content (AvgIpc) is 3.49. The molecular formula is C57H50N2. The van der Waals surface area contributed by atoms with Gasteiger partial charge in [-0.2, -0.15) is 0 Å². The summed E-state index contributed by atoms with van der Waals surface area (Å²) < 4.78 is 0. The van der Waals surface area contributed by atoms with Crippen LogP contribution in [0.2, 0.25) is 0 Å². The Morgan fingerprint density at radius 1 is 0.356 bits per heavy atom. The Morgan fingerprint density at radius 3 is 1.42 bits per heavy atom. The lowest BCUT2D eigenvalue weighted by Crippen LogP contribution is -2.17. The molecule has 9 aromatic rings. The molecule has 288 valence electrons.